The highest BCUT2D eigenvalue weighted by Gasteiger charge is 2.53. The average Bonchev–Trinajstić information content (AvgIpc) is 3.48. The Kier molecular flexibility index (Phi) is 10.8. The molecule has 0 aliphatic carbocycles. The minimum atomic E-state index is -4.25. The van der Waals surface area contributed by atoms with E-state index < -0.39 is 56.2 Å². The Morgan fingerprint density at radius 3 is 2.57 bits per heavy atom. The first-order valence-corrected chi connectivity index (χ1v) is 16.2. The van der Waals surface area contributed by atoms with Gasteiger partial charge >= 0.3 is 13.7 Å². The smallest absolute Gasteiger partial charge is 0.459 e. The Morgan fingerprint density at radius 1 is 1.23 bits per heavy atom. The number of benzene rings is 1. The van der Waals surface area contributed by atoms with E-state index in [4.69, 9.17) is 30.0 Å². The number of nitrogens with zero attached hydrogens (tertiary/aromatic N) is 4. The molecular weight excluding hydrogens is 593 g/mol. The molecule has 0 radical (unpaired) electrons. The Hall–Kier alpha value is -3.33. The van der Waals surface area contributed by atoms with Crippen molar-refractivity contribution >= 4 is 30.8 Å². The first kappa shape index (κ1) is 33.6. The number of nitrogen functional groups attached to an aromatic ring is 1. The second-order valence-corrected chi connectivity index (χ2v) is 12.9. The number of nitrogens with two attached hydrogens (primary N) is 2. The summed E-state index contributed by atoms with van der Waals surface area (Å²) >= 11 is 0. The highest BCUT2D eigenvalue weighted by Crippen LogP contribution is 2.47. The van der Waals surface area contributed by atoms with Crippen LogP contribution in [0.3, 0.4) is 0 Å². The lowest BCUT2D eigenvalue weighted by atomic mass is 9.93. The molecule has 6 atom stereocenters. The van der Waals surface area contributed by atoms with Crippen molar-refractivity contribution in [3.63, 3.8) is 0 Å². The van der Waals surface area contributed by atoms with Crippen LogP contribution in [-0.2, 0) is 23.4 Å². The normalized spacial score (nSPS) is 23.9. The monoisotopic (exact) mass is 635 g/mol. The molecule has 0 spiro atoms. The minimum Gasteiger partial charge on any atom is -0.492 e. The molecule has 0 bridgehead atoms. The van der Waals surface area contributed by atoms with Gasteiger partial charge in [0.05, 0.1) is 25.1 Å². The van der Waals surface area contributed by atoms with E-state index in [2.05, 4.69) is 33.9 Å². The number of para-hydroxylation sites is 1. The number of carbonyl (C=O) groups excluding carboxylic acids is 1. The standard InChI is InChI=1S/C28H42N7O8P/c1-5-10-18(11-6-2)14-40-25(38)17(3)34-44(39,43-19-12-8-7-9-13-19)41-15-20-22(36)28(4,30)26(42-20)35-16-31-21-23(35)32-27(29)33-24(21)37/h7-9,12-13,16-18,20,22,26,36H,5-6,10-11,14-15,30H2,1-4H3,(H,34,39)(H3,29,32,33,37)/t17-,20+,22+,26+,28+,44?/m0/s1. The number of ether oxygens (including phenoxy) is 2. The van der Waals surface area contributed by atoms with Crippen LogP contribution in [0.1, 0.15) is 59.6 Å². The van der Waals surface area contributed by atoms with Gasteiger partial charge in [-0.3, -0.25) is 13.9 Å². The molecule has 1 fully saturated rings. The van der Waals surface area contributed by atoms with Crippen molar-refractivity contribution in [2.45, 2.75) is 83.4 Å². The number of aliphatic hydroxyl groups excluding tert-OH is 1. The van der Waals surface area contributed by atoms with Gasteiger partial charge in [0.25, 0.3) is 0 Å². The van der Waals surface area contributed by atoms with Crippen LogP contribution in [0, 0.1) is 5.92 Å². The fraction of sp³-hybridized carbons (Fsp3) is 0.571. The van der Waals surface area contributed by atoms with Crippen molar-refractivity contribution in [2.75, 3.05) is 18.9 Å². The summed E-state index contributed by atoms with van der Waals surface area (Å²) in [5.74, 6) is -0.758. The summed E-state index contributed by atoms with van der Waals surface area (Å²) < 4.78 is 38.5. The highest BCUT2D eigenvalue weighted by atomic mass is 31.2. The number of hydrogen-bond acceptors (Lipinski definition) is 13. The van der Waals surface area contributed by atoms with E-state index in [1.165, 1.54) is 17.8 Å². The average molecular weight is 636 g/mol. The zero-order valence-corrected chi connectivity index (χ0v) is 26.2. The number of aromatic nitrogens is 4. The molecule has 1 aliphatic heterocycles. The summed E-state index contributed by atoms with van der Waals surface area (Å²) in [5.41, 5.74) is 11.0. The summed E-state index contributed by atoms with van der Waals surface area (Å²) in [6, 6.07) is 7.26. The molecule has 16 heteroatoms. The largest absolute Gasteiger partial charge is 0.492 e. The van der Waals surface area contributed by atoms with E-state index in [0.29, 0.717) is 0 Å². The van der Waals surface area contributed by atoms with Crippen LogP contribution in [0.25, 0.3) is 11.2 Å². The molecule has 1 aliphatic rings. The van der Waals surface area contributed by atoms with Crippen LogP contribution >= 0.6 is 7.75 Å². The predicted octanol–water partition coefficient (Wildman–Crippen LogP) is 3.03. The van der Waals surface area contributed by atoms with Gasteiger partial charge < -0.3 is 35.7 Å². The number of fused-ring (bicyclic) bond motifs is 1. The van der Waals surface area contributed by atoms with Gasteiger partial charge in [-0.25, -0.2) is 9.55 Å². The lowest BCUT2D eigenvalue weighted by molar-refractivity contribution is -0.146. The molecule has 44 heavy (non-hydrogen) atoms. The van der Waals surface area contributed by atoms with Gasteiger partial charge in [-0.2, -0.15) is 15.1 Å². The predicted molar refractivity (Wildman–Crippen MR) is 161 cm³/mol. The summed E-state index contributed by atoms with van der Waals surface area (Å²) in [6.07, 6.45) is 1.69. The van der Waals surface area contributed by atoms with Crippen molar-refractivity contribution in [3.05, 3.63) is 36.7 Å². The molecule has 2 aromatic heterocycles. The highest BCUT2D eigenvalue weighted by molar-refractivity contribution is 7.52. The number of rotatable bonds is 15. The third-order valence-corrected chi connectivity index (χ3v) is 9.08. The molecular formula is C28H42N7O8P. The molecule has 3 heterocycles. The van der Waals surface area contributed by atoms with Gasteiger partial charge in [0.1, 0.15) is 24.0 Å². The molecule has 1 aromatic carbocycles. The van der Waals surface area contributed by atoms with Gasteiger partial charge in [0.2, 0.25) is 11.8 Å². The number of carbonyl (C=O) groups is 1. The van der Waals surface area contributed by atoms with Crippen molar-refractivity contribution in [2.24, 2.45) is 11.7 Å². The van der Waals surface area contributed by atoms with Gasteiger partial charge in [-0.15, -0.1) is 0 Å². The summed E-state index contributed by atoms with van der Waals surface area (Å²) in [6.45, 7) is 7.04. The number of hydrogen-bond donors (Lipinski definition) is 5. The molecule has 1 saturated heterocycles. The van der Waals surface area contributed by atoms with Crippen molar-refractivity contribution < 1.29 is 38.1 Å². The van der Waals surface area contributed by atoms with Crippen molar-refractivity contribution in [3.8, 4) is 11.6 Å². The van der Waals surface area contributed by atoms with Gasteiger partial charge in [-0.05, 0) is 44.7 Å². The topological polar surface area (TPSA) is 219 Å². The minimum absolute atomic E-state index is 0.0642. The van der Waals surface area contributed by atoms with E-state index in [0.717, 1.165) is 25.7 Å². The zero-order chi connectivity index (χ0) is 32.1. The lowest BCUT2D eigenvalue weighted by Gasteiger charge is -2.28. The van der Waals surface area contributed by atoms with E-state index in [9.17, 15) is 19.6 Å². The summed E-state index contributed by atoms with van der Waals surface area (Å²) in [4.78, 5) is 24.8. The number of nitrogens with one attached hydrogen (secondary N) is 1. The van der Waals surface area contributed by atoms with E-state index >= 15 is 0 Å². The van der Waals surface area contributed by atoms with Gasteiger partial charge in [0.15, 0.2) is 17.4 Å². The lowest BCUT2D eigenvalue weighted by Crippen LogP contribution is -2.52. The van der Waals surface area contributed by atoms with E-state index in [1.807, 2.05) is 0 Å². The van der Waals surface area contributed by atoms with Gasteiger partial charge in [0, 0.05) is 0 Å². The number of aliphatic hydroxyl groups is 1. The number of imidazole rings is 1. The fourth-order valence-electron chi connectivity index (χ4n) is 5.14. The first-order valence-electron chi connectivity index (χ1n) is 14.6. The van der Waals surface area contributed by atoms with Crippen molar-refractivity contribution in [1.29, 1.82) is 0 Å². The SMILES string of the molecule is CCCC(CCC)COC(=O)[C@H](C)NP(=O)(OC[C@H]1O[C@@H](n2cnc3c(O)nc(N)nc32)[C@](C)(N)[C@@H]1O)Oc1ccccc1. The summed E-state index contributed by atoms with van der Waals surface area (Å²) in [5, 5.41) is 23.9. The number of aromatic hydroxyl groups is 1. The van der Waals surface area contributed by atoms with Crippen LogP contribution in [0.5, 0.6) is 11.6 Å². The van der Waals surface area contributed by atoms with E-state index in [1.54, 1.807) is 37.3 Å². The number of esters is 1. The maximum absolute atomic E-state index is 14.0. The van der Waals surface area contributed by atoms with Crippen LogP contribution in [-0.4, -0.2) is 72.7 Å². The van der Waals surface area contributed by atoms with Crippen molar-refractivity contribution in [1.82, 2.24) is 24.6 Å². The molecule has 4 rings (SSSR count). The van der Waals surface area contributed by atoms with E-state index in [-0.39, 0.29) is 35.4 Å². The molecule has 1 unspecified atom stereocenters. The van der Waals surface area contributed by atoms with Crippen LogP contribution in [0.2, 0.25) is 0 Å². The molecule has 7 N–H and O–H groups in total. The Morgan fingerprint density at radius 2 is 1.91 bits per heavy atom. The molecule has 242 valence electrons. The van der Waals surface area contributed by atoms with Crippen LogP contribution in [0.4, 0.5) is 5.95 Å². The Balaban J connectivity index is 1.49. The quantitative estimate of drug-likeness (QED) is 0.120. The maximum Gasteiger partial charge on any atom is 0.459 e. The van der Waals surface area contributed by atoms with Crippen LogP contribution in [0.15, 0.2) is 36.7 Å². The Bertz CT molecular complexity index is 1450. The Labute approximate surface area is 255 Å². The fourth-order valence-corrected chi connectivity index (χ4v) is 6.64. The second-order valence-electron chi connectivity index (χ2n) is 11.2. The third-order valence-electron chi connectivity index (χ3n) is 7.44. The maximum atomic E-state index is 14.0. The molecule has 15 nitrogen and oxygen atoms in total. The van der Waals surface area contributed by atoms with Gasteiger partial charge in [-0.1, -0.05) is 44.9 Å². The van der Waals surface area contributed by atoms with Crippen LogP contribution < -0.4 is 21.1 Å². The third kappa shape index (κ3) is 7.65. The number of anilines is 1. The first-order chi connectivity index (χ1) is 20.9. The molecule has 3 aromatic rings. The molecule has 0 saturated carbocycles. The second kappa shape index (κ2) is 14.2. The zero-order valence-electron chi connectivity index (χ0n) is 25.3. The molecule has 0 amide bonds. The summed E-state index contributed by atoms with van der Waals surface area (Å²) in [7, 11) is -4.25.